The molecule has 0 radical (unpaired) electrons. The van der Waals surface area contributed by atoms with Crippen molar-refractivity contribution in [2.24, 2.45) is 0 Å². The summed E-state index contributed by atoms with van der Waals surface area (Å²) in [5.41, 5.74) is 2.87. The lowest BCUT2D eigenvalue weighted by Crippen LogP contribution is -2.29. The Bertz CT molecular complexity index is 1320. The van der Waals surface area contributed by atoms with Gasteiger partial charge in [0, 0.05) is 11.3 Å². The van der Waals surface area contributed by atoms with E-state index in [1.54, 1.807) is 24.3 Å². The van der Waals surface area contributed by atoms with E-state index in [2.05, 4.69) is 13.8 Å². The Kier molecular flexibility index (Phi) is 7.91. The van der Waals surface area contributed by atoms with Gasteiger partial charge in [0.2, 0.25) is 0 Å². The normalized spacial score (nSPS) is 17.1. The molecule has 1 atom stereocenters. The smallest absolute Gasteiger partial charge is 0.300 e. The third kappa shape index (κ3) is 5.59. The Balaban J connectivity index is 1.83. The van der Waals surface area contributed by atoms with Crippen molar-refractivity contribution in [1.82, 2.24) is 0 Å². The molecule has 0 bridgehead atoms. The second-order valence-electron chi connectivity index (χ2n) is 10.3. The van der Waals surface area contributed by atoms with Crippen molar-refractivity contribution in [2.75, 3.05) is 4.90 Å². The van der Waals surface area contributed by atoms with E-state index in [0.717, 1.165) is 5.56 Å². The van der Waals surface area contributed by atoms with Crippen LogP contribution < -0.4 is 14.4 Å². The van der Waals surface area contributed by atoms with Crippen molar-refractivity contribution < 1.29 is 24.2 Å². The van der Waals surface area contributed by atoms with Crippen LogP contribution in [0.15, 0.2) is 78.4 Å². The van der Waals surface area contributed by atoms with Crippen LogP contribution >= 0.6 is 0 Å². The van der Waals surface area contributed by atoms with Gasteiger partial charge in [-0.1, -0.05) is 38.1 Å². The van der Waals surface area contributed by atoms with E-state index in [1.165, 1.54) is 4.90 Å². The van der Waals surface area contributed by atoms with Gasteiger partial charge in [0.15, 0.2) is 0 Å². The summed E-state index contributed by atoms with van der Waals surface area (Å²) in [5.74, 6) is 0.0171. The van der Waals surface area contributed by atoms with Crippen LogP contribution in [0, 0.1) is 0 Å². The van der Waals surface area contributed by atoms with Gasteiger partial charge in [-0.15, -0.1) is 0 Å². The van der Waals surface area contributed by atoms with Gasteiger partial charge in [0.25, 0.3) is 11.7 Å². The summed E-state index contributed by atoms with van der Waals surface area (Å²) in [5, 5.41) is 11.4. The molecule has 3 aromatic carbocycles. The predicted octanol–water partition coefficient (Wildman–Crippen LogP) is 7.01. The van der Waals surface area contributed by atoms with Crippen LogP contribution in [-0.2, 0) is 9.59 Å². The lowest BCUT2D eigenvalue weighted by Gasteiger charge is -2.26. The number of hydrogen-bond donors (Lipinski definition) is 1. The molecule has 0 aliphatic carbocycles. The van der Waals surface area contributed by atoms with Crippen LogP contribution in [0.4, 0.5) is 5.69 Å². The van der Waals surface area contributed by atoms with E-state index < -0.39 is 17.7 Å². The molecule has 6 nitrogen and oxygen atoms in total. The van der Waals surface area contributed by atoms with E-state index in [9.17, 15) is 14.7 Å². The predicted molar refractivity (Wildman–Crippen MR) is 150 cm³/mol. The Labute approximate surface area is 224 Å². The number of amides is 1. The number of aliphatic hydroxyl groups is 1. The molecule has 0 saturated carbocycles. The van der Waals surface area contributed by atoms with Crippen LogP contribution in [0.25, 0.3) is 5.76 Å². The monoisotopic (exact) mass is 513 g/mol. The van der Waals surface area contributed by atoms with Crippen molar-refractivity contribution in [3.05, 3.63) is 95.1 Å². The van der Waals surface area contributed by atoms with Crippen molar-refractivity contribution >= 4 is 23.1 Å². The van der Waals surface area contributed by atoms with Gasteiger partial charge < -0.3 is 14.6 Å². The largest absolute Gasteiger partial charge is 0.507 e. The minimum atomic E-state index is -0.806. The number of nitrogens with zero attached hydrogens (tertiary/aromatic N) is 1. The molecule has 1 unspecified atom stereocenters. The Morgan fingerprint density at radius 2 is 1.24 bits per heavy atom. The van der Waals surface area contributed by atoms with E-state index in [1.807, 2.05) is 76.2 Å². The van der Waals surface area contributed by atoms with Gasteiger partial charge in [-0.3, -0.25) is 14.5 Å². The first-order valence-electron chi connectivity index (χ1n) is 13.0. The molecular formula is C32H35NO5. The Morgan fingerprint density at radius 1 is 0.737 bits per heavy atom. The number of ether oxygens (including phenoxy) is 2. The van der Waals surface area contributed by atoms with Crippen LogP contribution in [0.5, 0.6) is 11.5 Å². The number of anilines is 1. The van der Waals surface area contributed by atoms with E-state index in [-0.39, 0.29) is 23.5 Å². The standard InChI is InChI=1S/C32H35NO5/c1-19(2)22-7-13-25(14-8-22)33-29(23-9-15-26(16-10-23)37-20(3)4)28(31(35)32(33)36)30(34)24-11-17-27(18-12-24)38-21(5)6/h7-21,29,34H,1-6H3/b30-28+. The number of rotatable bonds is 8. The molecule has 1 fully saturated rings. The summed E-state index contributed by atoms with van der Waals surface area (Å²) < 4.78 is 11.5. The maximum atomic E-state index is 13.4. The maximum absolute atomic E-state index is 13.4. The molecule has 1 amide bonds. The lowest BCUT2D eigenvalue weighted by molar-refractivity contribution is -0.132. The quantitative estimate of drug-likeness (QED) is 0.199. The fraction of sp³-hybridized carbons (Fsp3) is 0.312. The Hall–Kier alpha value is -4.06. The molecule has 38 heavy (non-hydrogen) atoms. The van der Waals surface area contributed by atoms with E-state index >= 15 is 0 Å². The second kappa shape index (κ2) is 11.1. The van der Waals surface area contributed by atoms with Crippen LogP contribution in [-0.4, -0.2) is 29.0 Å². The number of carbonyl (C=O) groups excluding carboxylic acids is 2. The molecule has 0 spiro atoms. The molecular weight excluding hydrogens is 478 g/mol. The molecule has 1 aliphatic rings. The fourth-order valence-corrected chi connectivity index (χ4v) is 4.55. The van der Waals surface area contributed by atoms with Gasteiger partial charge in [-0.2, -0.15) is 0 Å². The van der Waals surface area contributed by atoms with Crippen LogP contribution in [0.3, 0.4) is 0 Å². The summed E-state index contributed by atoms with van der Waals surface area (Å²) in [6, 6.07) is 21.0. The third-order valence-electron chi connectivity index (χ3n) is 6.35. The average Bonchev–Trinajstić information content (AvgIpc) is 3.14. The highest BCUT2D eigenvalue weighted by molar-refractivity contribution is 6.51. The number of ketones is 1. The van der Waals surface area contributed by atoms with Crippen molar-refractivity contribution in [2.45, 2.75) is 65.7 Å². The number of benzene rings is 3. The molecule has 1 N–H and O–H groups in total. The highest BCUT2D eigenvalue weighted by atomic mass is 16.5. The highest BCUT2D eigenvalue weighted by Crippen LogP contribution is 2.43. The molecule has 4 rings (SSSR count). The average molecular weight is 514 g/mol. The maximum Gasteiger partial charge on any atom is 0.300 e. The first-order valence-corrected chi connectivity index (χ1v) is 13.0. The summed E-state index contributed by atoms with van der Waals surface area (Å²) in [4.78, 5) is 28.3. The van der Waals surface area contributed by atoms with Crippen molar-refractivity contribution in [1.29, 1.82) is 0 Å². The minimum Gasteiger partial charge on any atom is -0.507 e. The number of carbonyl (C=O) groups is 2. The fourth-order valence-electron chi connectivity index (χ4n) is 4.55. The number of aliphatic hydroxyl groups excluding tert-OH is 1. The number of hydrogen-bond acceptors (Lipinski definition) is 5. The highest BCUT2D eigenvalue weighted by Gasteiger charge is 2.47. The molecule has 198 valence electrons. The topological polar surface area (TPSA) is 76.1 Å². The summed E-state index contributed by atoms with van der Waals surface area (Å²) >= 11 is 0. The Morgan fingerprint density at radius 3 is 1.71 bits per heavy atom. The van der Waals surface area contributed by atoms with E-state index in [4.69, 9.17) is 9.47 Å². The minimum absolute atomic E-state index is 0.00417. The first-order chi connectivity index (χ1) is 18.1. The molecule has 1 saturated heterocycles. The van der Waals surface area contributed by atoms with Gasteiger partial charge >= 0.3 is 0 Å². The second-order valence-corrected chi connectivity index (χ2v) is 10.3. The third-order valence-corrected chi connectivity index (χ3v) is 6.35. The van der Waals surface area contributed by atoms with Gasteiger partial charge in [0.05, 0.1) is 23.8 Å². The molecule has 0 aromatic heterocycles. The number of Topliss-reactive ketones (excluding diaryl/α,β-unsaturated/α-hetero) is 1. The summed E-state index contributed by atoms with van der Waals surface area (Å²) in [6.45, 7) is 11.9. The summed E-state index contributed by atoms with van der Waals surface area (Å²) in [6.07, 6.45) is 0.0121. The van der Waals surface area contributed by atoms with Gasteiger partial charge in [-0.25, -0.2) is 0 Å². The van der Waals surface area contributed by atoms with Gasteiger partial charge in [-0.05, 0) is 93.3 Å². The van der Waals surface area contributed by atoms with E-state index in [0.29, 0.717) is 34.2 Å². The summed E-state index contributed by atoms with van der Waals surface area (Å²) in [7, 11) is 0. The van der Waals surface area contributed by atoms with Gasteiger partial charge in [0.1, 0.15) is 17.3 Å². The lowest BCUT2D eigenvalue weighted by atomic mass is 9.95. The molecule has 3 aromatic rings. The van der Waals surface area contributed by atoms with Crippen molar-refractivity contribution in [3.8, 4) is 11.5 Å². The zero-order chi connectivity index (χ0) is 27.6. The molecule has 6 heteroatoms. The van der Waals surface area contributed by atoms with Crippen molar-refractivity contribution in [3.63, 3.8) is 0 Å². The zero-order valence-corrected chi connectivity index (χ0v) is 22.8. The SMILES string of the molecule is CC(C)Oc1ccc(/C(O)=C2\C(=O)C(=O)N(c3ccc(C(C)C)cc3)C2c2ccc(OC(C)C)cc2)cc1. The zero-order valence-electron chi connectivity index (χ0n) is 22.8. The molecule has 1 heterocycles. The van der Waals surface area contributed by atoms with Crippen LogP contribution in [0.2, 0.25) is 0 Å². The molecule has 1 aliphatic heterocycles. The van der Waals surface area contributed by atoms with Crippen LogP contribution in [0.1, 0.15) is 70.2 Å². The first kappa shape index (κ1) is 27.0.